The summed E-state index contributed by atoms with van der Waals surface area (Å²) in [5.74, 6) is 0. The van der Waals surface area contributed by atoms with Gasteiger partial charge in [-0.2, -0.15) is 0 Å². The first kappa shape index (κ1) is 11.8. The molecule has 0 spiro atoms. The minimum absolute atomic E-state index is 0.927. The van der Waals surface area contributed by atoms with Gasteiger partial charge in [0.05, 0.1) is 0 Å². The summed E-state index contributed by atoms with van der Waals surface area (Å²) in [5, 5.41) is 0. The van der Waals surface area contributed by atoms with Crippen LogP contribution < -0.4 is 0 Å². The Hall–Kier alpha value is -1.26. The lowest BCUT2D eigenvalue weighted by atomic mass is 10.00. The van der Waals surface area contributed by atoms with Gasteiger partial charge < -0.3 is 0 Å². The lowest BCUT2D eigenvalue weighted by Gasteiger charge is -2.28. The smallest absolute Gasteiger partial charge is 0.115 e. The monoisotopic (exact) mass is 303 g/mol. The fraction of sp³-hybridized carbons (Fsp3) is 0.286. The molecule has 0 fully saturated rings. The molecule has 2 heterocycles. The van der Waals surface area contributed by atoms with Gasteiger partial charge in [0.2, 0.25) is 0 Å². The highest BCUT2D eigenvalue weighted by molar-refractivity contribution is 9.10. The molecule has 0 bridgehead atoms. The molecule has 18 heavy (non-hydrogen) atoms. The van der Waals surface area contributed by atoms with Gasteiger partial charge in [-0.25, -0.2) is 9.97 Å². The molecule has 0 aliphatic carbocycles. The summed E-state index contributed by atoms with van der Waals surface area (Å²) < 4.78 is 1.17. The van der Waals surface area contributed by atoms with Gasteiger partial charge in [-0.1, -0.05) is 22.0 Å². The molecule has 1 aromatic carbocycles. The Morgan fingerprint density at radius 3 is 2.83 bits per heavy atom. The first-order valence-electron chi connectivity index (χ1n) is 6.05. The molecule has 0 amide bonds. The van der Waals surface area contributed by atoms with E-state index >= 15 is 0 Å². The van der Waals surface area contributed by atoms with Crippen molar-refractivity contribution in [2.24, 2.45) is 0 Å². The summed E-state index contributed by atoms with van der Waals surface area (Å²) in [6, 6.07) is 6.57. The van der Waals surface area contributed by atoms with Gasteiger partial charge in [0.1, 0.15) is 6.33 Å². The molecule has 1 aromatic heterocycles. The molecule has 0 N–H and O–H groups in total. The summed E-state index contributed by atoms with van der Waals surface area (Å²) in [6.45, 7) is 3.03. The average molecular weight is 304 g/mol. The lowest BCUT2D eigenvalue weighted by molar-refractivity contribution is 0.245. The molecule has 0 atom stereocenters. The van der Waals surface area contributed by atoms with Gasteiger partial charge in [0, 0.05) is 42.1 Å². The normalized spacial score (nSPS) is 15.4. The molecule has 3 rings (SSSR count). The molecule has 0 saturated heterocycles. The largest absolute Gasteiger partial charge is 0.294 e. The maximum absolute atomic E-state index is 4.06. The molecular formula is C14H14BrN3. The second kappa shape index (κ2) is 5.16. The van der Waals surface area contributed by atoms with Crippen LogP contribution in [0.1, 0.15) is 16.7 Å². The van der Waals surface area contributed by atoms with E-state index in [1.807, 2.05) is 12.4 Å². The van der Waals surface area contributed by atoms with Crippen molar-refractivity contribution in [3.8, 4) is 0 Å². The van der Waals surface area contributed by atoms with Crippen LogP contribution in [0.2, 0.25) is 0 Å². The van der Waals surface area contributed by atoms with E-state index in [1.54, 1.807) is 6.33 Å². The second-order valence-electron chi connectivity index (χ2n) is 4.62. The first-order valence-corrected chi connectivity index (χ1v) is 6.84. The predicted octanol–water partition coefficient (Wildman–Crippen LogP) is 2.80. The van der Waals surface area contributed by atoms with Crippen LogP contribution in [0.15, 0.2) is 41.4 Å². The Morgan fingerprint density at radius 2 is 2.00 bits per heavy atom. The van der Waals surface area contributed by atoms with Crippen molar-refractivity contribution in [3.05, 3.63) is 58.1 Å². The number of nitrogens with zero attached hydrogens (tertiary/aromatic N) is 3. The zero-order valence-electron chi connectivity index (χ0n) is 10.0. The van der Waals surface area contributed by atoms with Gasteiger partial charge in [0.25, 0.3) is 0 Å². The minimum atomic E-state index is 0.927. The van der Waals surface area contributed by atoms with Crippen LogP contribution in [-0.2, 0) is 19.5 Å². The van der Waals surface area contributed by atoms with Crippen molar-refractivity contribution < 1.29 is 0 Å². The minimum Gasteiger partial charge on any atom is -0.294 e. The first-order chi connectivity index (χ1) is 8.81. The van der Waals surface area contributed by atoms with Crippen LogP contribution in [-0.4, -0.2) is 21.4 Å². The summed E-state index contributed by atoms with van der Waals surface area (Å²) >= 11 is 3.53. The third-order valence-electron chi connectivity index (χ3n) is 3.28. The lowest BCUT2D eigenvalue weighted by Crippen LogP contribution is -2.30. The predicted molar refractivity (Wildman–Crippen MR) is 74.0 cm³/mol. The SMILES string of the molecule is Brc1ccc2c(c1)CCN(Cc1cncnc1)C2. The Kier molecular flexibility index (Phi) is 3.39. The van der Waals surface area contributed by atoms with Crippen molar-refractivity contribution >= 4 is 15.9 Å². The number of aromatic nitrogens is 2. The van der Waals surface area contributed by atoms with Gasteiger partial charge in [-0.3, -0.25) is 4.90 Å². The molecule has 0 radical (unpaired) electrons. The van der Waals surface area contributed by atoms with E-state index in [-0.39, 0.29) is 0 Å². The van der Waals surface area contributed by atoms with Crippen LogP contribution in [0.25, 0.3) is 0 Å². The third-order valence-corrected chi connectivity index (χ3v) is 3.77. The van der Waals surface area contributed by atoms with E-state index in [1.165, 1.54) is 21.2 Å². The Balaban J connectivity index is 1.73. The van der Waals surface area contributed by atoms with E-state index in [0.717, 1.165) is 26.1 Å². The van der Waals surface area contributed by atoms with Gasteiger partial charge in [-0.15, -0.1) is 0 Å². The highest BCUT2D eigenvalue weighted by Gasteiger charge is 2.16. The van der Waals surface area contributed by atoms with E-state index in [4.69, 9.17) is 0 Å². The Bertz CT molecular complexity index is 542. The molecule has 0 saturated carbocycles. The van der Waals surface area contributed by atoms with Gasteiger partial charge in [0.15, 0.2) is 0 Å². The van der Waals surface area contributed by atoms with Crippen LogP contribution in [0.3, 0.4) is 0 Å². The van der Waals surface area contributed by atoms with Crippen LogP contribution in [0.4, 0.5) is 0 Å². The van der Waals surface area contributed by atoms with Gasteiger partial charge in [-0.05, 0) is 29.7 Å². The molecule has 1 aliphatic heterocycles. The zero-order chi connectivity index (χ0) is 12.4. The molecule has 3 nitrogen and oxygen atoms in total. The number of rotatable bonds is 2. The molecule has 1 aliphatic rings. The van der Waals surface area contributed by atoms with E-state index in [0.29, 0.717) is 0 Å². The number of hydrogen-bond acceptors (Lipinski definition) is 3. The van der Waals surface area contributed by atoms with Crippen molar-refractivity contribution in [2.45, 2.75) is 19.5 Å². The summed E-state index contributed by atoms with van der Waals surface area (Å²) in [5.41, 5.74) is 4.07. The van der Waals surface area contributed by atoms with Crippen molar-refractivity contribution in [3.63, 3.8) is 0 Å². The highest BCUT2D eigenvalue weighted by Crippen LogP contribution is 2.23. The molecular weight excluding hydrogens is 290 g/mol. The standard InChI is InChI=1S/C14H14BrN3/c15-14-2-1-13-9-18(4-3-12(13)5-14)8-11-6-16-10-17-7-11/h1-2,5-7,10H,3-4,8-9H2. The van der Waals surface area contributed by atoms with E-state index in [9.17, 15) is 0 Å². The van der Waals surface area contributed by atoms with Crippen molar-refractivity contribution in [1.82, 2.24) is 14.9 Å². The Morgan fingerprint density at radius 1 is 1.17 bits per heavy atom. The third kappa shape index (κ3) is 2.60. The zero-order valence-corrected chi connectivity index (χ0v) is 11.6. The number of hydrogen-bond donors (Lipinski definition) is 0. The van der Waals surface area contributed by atoms with E-state index in [2.05, 4.69) is 49.0 Å². The molecule has 92 valence electrons. The topological polar surface area (TPSA) is 29.0 Å². The van der Waals surface area contributed by atoms with Crippen molar-refractivity contribution in [1.29, 1.82) is 0 Å². The molecule has 0 unspecified atom stereocenters. The fourth-order valence-corrected chi connectivity index (χ4v) is 2.79. The quantitative estimate of drug-likeness (QED) is 0.854. The summed E-state index contributed by atoms with van der Waals surface area (Å²) in [6.07, 6.45) is 6.48. The number of benzene rings is 1. The van der Waals surface area contributed by atoms with Crippen LogP contribution >= 0.6 is 15.9 Å². The molecule has 2 aromatic rings. The van der Waals surface area contributed by atoms with Crippen LogP contribution in [0.5, 0.6) is 0 Å². The highest BCUT2D eigenvalue weighted by atomic mass is 79.9. The second-order valence-corrected chi connectivity index (χ2v) is 5.54. The average Bonchev–Trinajstić information content (AvgIpc) is 2.40. The summed E-state index contributed by atoms with van der Waals surface area (Å²) in [7, 11) is 0. The van der Waals surface area contributed by atoms with E-state index < -0.39 is 0 Å². The fourth-order valence-electron chi connectivity index (χ4n) is 2.38. The number of halogens is 1. The molecule has 4 heteroatoms. The number of fused-ring (bicyclic) bond motifs is 1. The Labute approximate surface area is 115 Å². The summed E-state index contributed by atoms with van der Waals surface area (Å²) in [4.78, 5) is 10.6. The maximum atomic E-state index is 4.06. The van der Waals surface area contributed by atoms with Gasteiger partial charge >= 0.3 is 0 Å². The van der Waals surface area contributed by atoms with Crippen LogP contribution in [0, 0.1) is 0 Å². The maximum Gasteiger partial charge on any atom is 0.115 e. The van der Waals surface area contributed by atoms with Crippen molar-refractivity contribution in [2.75, 3.05) is 6.54 Å².